The molecular formula is C32H36F2N2O4. The molecule has 0 fully saturated rings. The Morgan fingerprint density at radius 1 is 0.800 bits per heavy atom. The molecular weight excluding hydrogens is 514 g/mol. The smallest absolute Gasteiger partial charge is 0.408 e. The maximum Gasteiger partial charge on any atom is 0.408 e. The molecule has 6 nitrogen and oxygen atoms in total. The molecule has 0 saturated heterocycles. The largest absolute Gasteiger partial charge is 0.445 e. The van der Waals surface area contributed by atoms with Gasteiger partial charge in [0.05, 0.1) is 6.04 Å². The van der Waals surface area contributed by atoms with Gasteiger partial charge in [0.1, 0.15) is 12.6 Å². The normalized spacial score (nSPS) is 13.5. The molecule has 40 heavy (non-hydrogen) atoms. The molecule has 0 spiro atoms. The van der Waals surface area contributed by atoms with Crippen molar-refractivity contribution in [1.29, 1.82) is 0 Å². The maximum atomic E-state index is 15.2. The molecule has 2 amide bonds. The molecule has 8 heteroatoms. The number of hydrogen-bond donors (Lipinski definition) is 2. The minimum atomic E-state index is -3.67. The van der Waals surface area contributed by atoms with Gasteiger partial charge < -0.3 is 15.4 Å². The zero-order chi connectivity index (χ0) is 29.0. The van der Waals surface area contributed by atoms with Crippen LogP contribution in [0.1, 0.15) is 43.4 Å². The van der Waals surface area contributed by atoms with Gasteiger partial charge in [-0.3, -0.25) is 9.59 Å². The van der Waals surface area contributed by atoms with E-state index in [2.05, 4.69) is 10.6 Å². The van der Waals surface area contributed by atoms with Crippen LogP contribution < -0.4 is 10.6 Å². The number of carbonyl (C=O) groups is 3. The van der Waals surface area contributed by atoms with Gasteiger partial charge in [-0.15, -0.1) is 0 Å². The van der Waals surface area contributed by atoms with E-state index >= 15 is 8.78 Å². The molecule has 2 N–H and O–H groups in total. The van der Waals surface area contributed by atoms with Crippen molar-refractivity contribution >= 4 is 17.8 Å². The highest BCUT2D eigenvalue weighted by molar-refractivity contribution is 5.95. The van der Waals surface area contributed by atoms with E-state index in [1.807, 2.05) is 25.1 Å². The van der Waals surface area contributed by atoms with Gasteiger partial charge in [0.2, 0.25) is 11.7 Å². The standard InChI is InChI=1S/C32H36F2N2O4/c1-3-23(2)28(36-31(39)40-22-26-17-11-6-12-18-26)30(38)35-27(21-25-15-9-5-10-16-25)29(37)32(33,34)20-19-24-13-7-4-8-14-24/h4-18,23,27-28H,3,19-22H2,1-2H3,(H,35,38)(H,36,39)/t23-,27?,28-/m0/s1. The molecule has 212 valence electrons. The third-order valence-corrected chi connectivity index (χ3v) is 6.83. The summed E-state index contributed by atoms with van der Waals surface area (Å²) in [5, 5.41) is 5.08. The fourth-order valence-electron chi connectivity index (χ4n) is 4.24. The monoisotopic (exact) mass is 550 g/mol. The van der Waals surface area contributed by atoms with Gasteiger partial charge in [-0.05, 0) is 35.4 Å². The Bertz CT molecular complexity index is 1220. The predicted molar refractivity (Wildman–Crippen MR) is 150 cm³/mol. The van der Waals surface area contributed by atoms with E-state index in [-0.39, 0.29) is 25.4 Å². The van der Waals surface area contributed by atoms with Crippen molar-refractivity contribution in [3.05, 3.63) is 108 Å². The Labute approximate surface area is 234 Å². The zero-order valence-electron chi connectivity index (χ0n) is 22.8. The number of aryl methyl sites for hydroxylation is 1. The average molecular weight is 551 g/mol. The number of ether oxygens (including phenoxy) is 1. The lowest BCUT2D eigenvalue weighted by Crippen LogP contribution is -2.56. The van der Waals surface area contributed by atoms with E-state index in [9.17, 15) is 14.4 Å². The molecule has 0 radical (unpaired) electrons. The summed E-state index contributed by atoms with van der Waals surface area (Å²) >= 11 is 0. The number of benzene rings is 3. The highest BCUT2D eigenvalue weighted by atomic mass is 19.3. The first-order chi connectivity index (χ1) is 19.2. The summed E-state index contributed by atoms with van der Waals surface area (Å²) in [7, 11) is 0. The molecule has 3 atom stereocenters. The molecule has 3 aromatic carbocycles. The molecule has 3 rings (SSSR count). The number of halogens is 2. The molecule has 0 aliphatic heterocycles. The maximum absolute atomic E-state index is 15.2. The van der Waals surface area contributed by atoms with Crippen LogP contribution in [0.2, 0.25) is 0 Å². The molecule has 0 bridgehead atoms. The summed E-state index contributed by atoms with van der Waals surface area (Å²) in [6.45, 7) is 3.60. The summed E-state index contributed by atoms with van der Waals surface area (Å²) in [6, 6.07) is 23.9. The Morgan fingerprint density at radius 2 is 1.32 bits per heavy atom. The van der Waals surface area contributed by atoms with Crippen LogP contribution in [0.4, 0.5) is 13.6 Å². The number of nitrogens with one attached hydrogen (secondary N) is 2. The number of rotatable bonds is 14. The minimum Gasteiger partial charge on any atom is -0.445 e. The molecule has 0 aliphatic carbocycles. The Kier molecular flexibility index (Phi) is 11.4. The van der Waals surface area contributed by atoms with Crippen molar-refractivity contribution in [3.63, 3.8) is 0 Å². The number of carbonyl (C=O) groups excluding carboxylic acids is 3. The predicted octanol–water partition coefficient (Wildman–Crippen LogP) is 5.89. The van der Waals surface area contributed by atoms with E-state index in [4.69, 9.17) is 4.74 Å². The quantitative estimate of drug-likeness (QED) is 0.262. The van der Waals surface area contributed by atoms with Gasteiger partial charge >= 0.3 is 12.0 Å². The van der Waals surface area contributed by atoms with Crippen LogP contribution in [-0.4, -0.2) is 35.8 Å². The summed E-state index contributed by atoms with van der Waals surface area (Å²) in [6.07, 6.45) is -1.09. The molecule has 3 aromatic rings. The van der Waals surface area contributed by atoms with Crippen LogP contribution >= 0.6 is 0 Å². The van der Waals surface area contributed by atoms with Gasteiger partial charge in [0, 0.05) is 6.42 Å². The van der Waals surface area contributed by atoms with Crippen molar-refractivity contribution in [2.75, 3.05) is 0 Å². The van der Waals surface area contributed by atoms with Gasteiger partial charge in [-0.25, -0.2) is 4.79 Å². The first kappa shape index (κ1) is 30.5. The van der Waals surface area contributed by atoms with Crippen molar-refractivity contribution < 1.29 is 27.9 Å². The van der Waals surface area contributed by atoms with Crippen LogP contribution in [0.25, 0.3) is 0 Å². The fourth-order valence-corrected chi connectivity index (χ4v) is 4.24. The van der Waals surface area contributed by atoms with Gasteiger partial charge in [-0.2, -0.15) is 8.78 Å². The van der Waals surface area contributed by atoms with Crippen LogP contribution in [0.15, 0.2) is 91.0 Å². The second kappa shape index (κ2) is 14.9. The molecule has 0 heterocycles. The lowest BCUT2D eigenvalue weighted by Gasteiger charge is -2.28. The SMILES string of the molecule is CC[C@H](C)[C@H](NC(=O)OCc1ccccc1)C(=O)NC(Cc1ccccc1)C(=O)C(F)(F)CCc1ccccc1. The topological polar surface area (TPSA) is 84.5 Å². The number of amides is 2. The third kappa shape index (κ3) is 9.29. The van der Waals surface area contributed by atoms with Crippen molar-refractivity contribution in [2.24, 2.45) is 5.92 Å². The second-order valence-electron chi connectivity index (χ2n) is 9.87. The summed E-state index contributed by atoms with van der Waals surface area (Å²) in [5.41, 5.74) is 2.08. The van der Waals surface area contributed by atoms with E-state index < -0.39 is 42.2 Å². The van der Waals surface area contributed by atoms with Gasteiger partial charge in [-0.1, -0.05) is 111 Å². The van der Waals surface area contributed by atoms with Crippen molar-refractivity contribution in [3.8, 4) is 0 Å². The van der Waals surface area contributed by atoms with E-state index in [0.717, 1.165) is 5.56 Å². The molecule has 1 unspecified atom stereocenters. The molecule has 0 saturated carbocycles. The Balaban J connectivity index is 1.74. The van der Waals surface area contributed by atoms with E-state index in [1.54, 1.807) is 79.7 Å². The summed E-state index contributed by atoms with van der Waals surface area (Å²) < 4.78 is 35.7. The molecule has 0 aromatic heterocycles. The summed E-state index contributed by atoms with van der Waals surface area (Å²) in [4.78, 5) is 39.1. The zero-order valence-corrected chi connectivity index (χ0v) is 22.8. The number of ketones is 1. The number of alkyl carbamates (subject to hydrolysis) is 1. The van der Waals surface area contributed by atoms with Crippen molar-refractivity contribution in [2.45, 2.75) is 64.1 Å². The van der Waals surface area contributed by atoms with Crippen LogP contribution in [0.3, 0.4) is 0 Å². The van der Waals surface area contributed by atoms with E-state index in [1.165, 1.54) is 0 Å². The highest BCUT2D eigenvalue weighted by Gasteiger charge is 2.43. The van der Waals surface area contributed by atoms with Gasteiger partial charge in [0.25, 0.3) is 0 Å². The van der Waals surface area contributed by atoms with Crippen LogP contribution in [0.5, 0.6) is 0 Å². The first-order valence-corrected chi connectivity index (χ1v) is 13.5. The van der Waals surface area contributed by atoms with Crippen LogP contribution in [-0.2, 0) is 33.8 Å². The van der Waals surface area contributed by atoms with E-state index in [0.29, 0.717) is 17.5 Å². The second-order valence-corrected chi connectivity index (χ2v) is 9.87. The fraction of sp³-hybridized carbons (Fsp3) is 0.344. The summed E-state index contributed by atoms with van der Waals surface area (Å²) in [5.74, 6) is -6.11. The lowest BCUT2D eigenvalue weighted by molar-refractivity contribution is -0.148. The minimum absolute atomic E-state index is 0.00424. The van der Waals surface area contributed by atoms with Crippen LogP contribution in [0, 0.1) is 5.92 Å². The number of hydrogen-bond acceptors (Lipinski definition) is 4. The highest BCUT2D eigenvalue weighted by Crippen LogP contribution is 2.25. The first-order valence-electron chi connectivity index (χ1n) is 13.5. The Morgan fingerprint density at radius 3 is 1.88 bits per heavy atom. The average Bonchev–Trinajstić information content (AvgIpc) is 2.98. The third-order valence-electron chi connectivity index (χ3n) is 6.83. The lowest BCUT2D eigenvalue weighted by atomic mass is 9.93. The van der Waals surface area contributed by atoms with Gasteiger partial charge in [0.15, 0.2) is 0 Å². The number of Topliss-reactive ketones (excluding diaryl/α,β-unsaturated/α-hetero) is 1. The number of alkyl halides is 2. The Hall–Kier alpha value is -4.07. The molecule has 0 aliphatic rings. The van der Waals surface area contributed by atoms with Crippen molar-refractivity contribution in [1.82, 2.24) is 10.6 Å².